The van der Waals surface area contributed by atoms with Crippen LogP contribution in [0.15, 0.2) is 24.4 Å². The fourth-order valence-electron chi connectivity index (χ4n) is 3.97. The van der Waals surface area contributed by atoms with E-state index in [-0.39, 0.29) is 32.6 Å². The molecule has 2 heterocycles. The highest BCUT2D eigenvalue weighted by Crippen LogP contribution is 2.37. The second-order valence-electron chi connectivity index (χ2n) is 9.18. The Balaban J connectivity index is 1.76. The van der Waals surface area contributed by atoms with Gasteiger partial charge >= 0.3 is 12.3 Å². The number of carbonyl (C=O) groups excluding carboxylic acids is 3. The number of halogens is 3. The van der Waals surface area contributed by atoms with Crippen molar-refractivity contribution in [3.05, 3.63) is 41.2 Å². The van der Waals surface area contributed by atoms with Crippen LogP contribution in [0.3, 0.4) is 0 Å². The van der Waals surface area contributed by atoms with Gasteiger partial charge in [-0.1, -0.05) is 12.2 Å². The summed E-state index contributed by atoms with van der Waals surface area (Å²) >= 11 is 0. The average molecular weight is 469 g/mol. The second-order valence-corrected chi connectivity index (χ2v) is 9.18. The molecule has 0 aromatic carbocycles. The van der Waals surface area contributed by atoms with E-state index in [9.17, 15) is 27.6 Å². The zero-order valence-corrected chi connectivity index (χ0v) is 18.6. The first-order chi connectivity index (χ1) is 15.3. The number of nitrogens with zero attached hydrogens (tertiary/aromatic N) is 2. The summed E-state index contributed by atoms with van der Waals surface area (Å²) < 4.78 is 49.4. The smallest absolute Gasteiger partial charge is 0.417 e. The van der Waals surface area contributed by atoms with Gasteiger partial charge in [-0.25, -0.2) is 4.79 Å². The topological polar surface area (TPSA) is 97.8 Å². The number of amides is 2. The summed E-state index contributed by atoms with van der Waals surface area (Å²) in [4.78, 5) is 41.8. The minimum atomic E-state index is -4.54. The van der Waals surface area contributed by atoms with E-state index in [2.05, 4.69) is 10.3 Å². The van der Waals surface area contributed by atoms with Gasteiger partial charge in [-0.3, -0.25) is 14.6 Å². The third-order valence-electron chi connectivity index (χ3n) is 5.42. The number of alkyl carbamates (subject to hydrolysis) is 1. The SMILES string of the molecule is CC(C)(C)OC(=O)N[C@@H]1C=C[C@](COC=O)(C(=O)N2CCc3ncc(C(F)(F)F)cc3C2)C1. The van der Waals surface area contributed by atoms with Crippen LogP contribution in [0, 0.1) is 5.41 Å². The summed E-state index contributed by atoms with van der Waals surface area (Å²) in [7, 11) is 0. The Bertz CT molecular complexity index is 958. The lowest BCUT2D eigenvalue weighted by Gasteiger charge is -2.36. The van der Waals surface area contributed by atoms with Gasteiger partial charge in [0.1, 0.15) is 17.6 Å². The number of pyridine rings is 1. The number of ether oxygens (including phenoxy) is 2. The monoisotopic (exact) mass is 469 g/mol. The molecule has 0 unspecified atom stereocenters. The molecule has 0 fully saturated rings. The molecule has 2 amide bonds. The van der Waals surface area contributed by atoms with Crippen LogP contribution >= 0.6 is 0 Å². The zero-order valence-electron chi connectivity index (χ0n) is 18.6. The van der Waals surface area contributed by atoms with Crippen LogP contribution in [-0.4, -0.2) is 53.2 Å². The van der Waals surface area contributed by atoms with Gasteiger partial charge in [0.05, 0.1) is 11.6 Å². The molecule has 2 aliphatic rings. The van der Waals surface area contributed by atoms with Crippen molar-refractivity contribution in [2.24, 2.45) is 5.41 Å². The van der Waals surface area contributed by atoms with Crippen LogP contribution in [-0.2, 0) is 38.2 Å². The van der Waals surface area contributed by atoms with E-state index in [0.717, 1.165) is 12.3 Å². The molecule has 11 heteroatoms. The van der Waals surface area contributed by atoms with Crippen molar-refractivity contribution in [1.29, 1.82) is 0 Å². The fraction of sp³-hybridized carbons (Fsp3) is 0.545. The molecule has 2 atom stereocenters. The Morgan fingerprint density at radius 3 is 2.70 bits per heavy atom. The van der Waals surface area contributed by atoms with Gasteiger partial charge in [0, 0.05) is 31.4 Å². The first-order valence-electron chi connectivity index (χ1n) is 10.4. The molecule has 1 aliphatic carbocycles. The maximum atomic E-state index is 13.5. The first kappa shape index (κ1) is 24.5. The normalized spacial score (nSPS) is 22.5. The number of hydrogen-bond acceptors (Lipinski definition) is 6. The summed E-state index contributed by atoms with van der Waals surface area (Å²) in [6.07, 6.45) is -0.798. The molecule has 0 saturated heterocycles. The maximum Gasteiger partial charge on any atom is 0.417 e. The molecule has 1 aromatic rings. The highest BCUT2D eigenvalue weighted by Gasteiger charge is 2.46. The van der Waals surface area contributed by atoms with E-state index in [1.54, 1.807) is 32.9 Å². The van der Waals surface area contributed by atoms with Crippen LogP contribution in [0.1, 0.15) is 44.0 Å². The van der Waals surface area contributed by atoms with Gasteiger partial charge in [-0.2, -0.15) is 13.2 Å². The first-order valence-corrected chi connectivity index (χ1v) is 10.4. The lowest BCUT2D eigenvalue weighted by atomic mass is 9.85. The molecule has 0 bridgehead atoms. The van der Waals surface area contributed by atoms with Crippen molar-refractivity contribution < 1.29 is 37.0 Å². The summed E-state index contributed by atoms with van der Waals surface area (Å²) in [5.41, 5.74) is -2.01. The third kappa shape index (κ3) is 5.82. The fourth-order valence-corrected chi connectivity index (χ4v) is 3.97. The number of fused-ring (bicyclic) bond motifs is 1. The van der Waals surface area contributed by atoms with Gasteiger partial charge in [0.25, 0.3) is 6.47 Å². The standard InChI is InChI=1S/C22H26F3N3O5/c1-20(2,3)33-19(31)27-16-4-6-21(9-16,12-32-13-29)18(30)28-7-5-17-14(11-28)8-15(10-26-17)22(23,24)25/h4,6,8,10,13,16H,5,7,9,11-12H2,1-3H3,(H,27,31)/t16-,21+/m1/s1. The maximum absolute atomic E-state index is 13.5. The number of hydrogen-bond donors (Lipinski definition) is 1. The lowest BCUT2D eigenvalue weighted by molar-refractivity contribution is -0.146. The lowest BCUT2D eigenvalue weighted by Crippen LogP contribution is -2.48. The summed E-state index contributed by atoms with van der Waals surface area (Å²) in [5.74, 6) is -0.405. The van der Waals surface area contributed by atoms with Crippen molar-refractivity contribution in [1.82, 2.24) is 15.2 Å². The quantitative estimate of drug-likeness (QED) is 0.526. The minimum Gasteiger partial charge on any atom is -0.466 e. The number of rotatable bonds is 5. The Hall–Kier alpha value is -3.11. The summed E-state index contributed by atoms with van der Waals surface area (Å²) in [5, 5.41) is 2.67. The van der Waals surface area contributed by atoms with Gasteiger partial charge < -0.3 is 19.7 Å². The van der Waals surface area contributed by atoms with Crippen LogP contribution in [0.2, 0.25) is 0 Å². The van der Waals surface area contributed by atoms with E-state index in [1.165, 1.54) is 4.90 Å². The van der Waals surface area contributed by atoms with Crippen molar-refractivity contribution in [2.45, 2.75) is 58.0 Å². The number of carbonyl (C=O) groups is 3. The molecule has 180 valence electrons. The molecule has 8 nitrogen and oxygen atoms in total. The molecular weight excluding hydrogens is 443 g/mol. The summed E-state index contributed by atoms with van der Waals surface area (Å²) in [6.45, 7) is 5.32. The van der Waals surface area contributed by atoms with Gasteiger partial charge in [0.2, 0.25) is 5.91 Å². The van der Waals surface area contributed by atoms with Gasteiger partial charge in [0.15, 0.2) is 0 Å². The number of aromatic nitrogens is 1. The van der Waals surface area contributed by atoms with Crippen LogP contribution in [0.4, 0.5) is 18.0 Å². The van der Waals surface area contributed by atoms with Gasteiger partial charge in [-0.15, -0.1) is 0 Å². The molecule has 0 saturated carbocycles. The molecule has 0 spiro atoms. The molecule has 33 heavy (non-hydrogen) atoms. The molecular formula is C22H26F3N3O5. The average Bonchev–Trinajstić information content (AvgIpc) is 3.12. The summed E-state index contributed by atoms with van der Waals surface area (Å²) in [6, 6.07) is 0.461. The molecule has 1 aromatic heterocycles. The van der Waals surface area contributed by atoms with Gasteiger partial charge in [-0.05, 0) is 38.8 Å². The highest BCUT2D eigenvalue weighted by atomic mass is 19.4. The molecule has 1 aliphatic heterocycles. The Morgan fingerprint density at radius 1 is 1.33 bits per heavy atom. The number of nitrogens with one attached hydrogen (secondary N) is 1. The van der Waals surface area contributed by atoms with Crippen LogP contribution < -0.4 is 5.32 Å². The third-order valence-corrected chi connectivity index (χ3v) is 5.42. The van der Waals surface area contributed by atoms with Crippen molar-refractivity contribution >= 4 is 18.5 Å². The molecule has 0 radical (unpaired) electrons. The van der Waals surface area contributed by atoms with E-state index < -0.39 is 40.8 Å². The van der Waals surface area contributed by atoms with E-state index >= 15 is 0 Å². The minimum absolute atomic E-state index is 0.0497. The Morgan fingerprint density at radius 2 is 2.06 bits per heavy atom. The van der Waals surface area contributed by atoms with Crippen molar-refractivity contribution in [3.63, 3.8) is 0 Å². The van der Waals surface area contributed by atoms with E-state index in [1.807, 2.05) is 0 Å². The van der Waals surface area contributed by atoms with Crippen LogP contribution in [0.5, 0.6) is 0 Å². The molecule has 1 N–H and O–H groups in total. The van der Waals surface area contributed by atoms with Crippen LogP contribution in [0.25, 0.3) is 0 Å². The highest BCUT2D eigenvalue weighted by molar-refractivity contribution is 5.86. The predicted molar refractivity (Wildman–Crippen MR) is 110 cm³/mol. The predicted octanol–water partition coefficient (Wildman–Crippen LogP) is 3.00. The Labute approximate surface area is 189 Å². The van der Waals surface area contributed by atoms with Crippen molar-refractivity contribution in [3.8, 4) is 0 Å². The Kier molecular flexibility index (Phi) is 6.71. The number of alkyl halides is 3. The van der Waals surface area contributed by atoms with E-state index in [0.29, 0.717) is 17.7 Å². The zero-order chi connectivity index (χ0) is 24.4. The molecule has 3 rings (SSSR count). The van der Waals surface area contributed by atoms with Crippen molar-refractivity contribution in [2.75, 3.05) is 13.2 Å². The van der Waals surface area contributed by atoms with E-state index in [4.69, 9.17) is 9.47 Å². The largest absolute Gasteiger partial charge is 0.466 e. The second kappa shape index (κ2) is 9.03.